The number of hydrogen-bond donors (Lipinski definition) is 4. The zero-order valence-electron chi connectivity index (χ0n) is 9.69. The standard InChI is InChI=1S/C12H12N4O2/c1-6(14)8(5-13)9-3-2-7-4-10(12(17)18)16-11(7)15-9/h2-5,13H,14H2,1H3,(H,15,16)(H,17,18)/b8-6+,13-5?. The molecule has 0 saturated heterocycles. The van der Waals surface area contributed by atoms with E-state index in [4.69, 9.17) is 16.2 Å². The van der Waals surface area contributed by atoms with Gasteiger partial charge >= 0.3 is 5.97 Å². The van der Waals surface area contributed by atoms with Gasteiger partial charge in [-0.1, -0.05) is 0 Å². The number of nitrogens with one attached hydrogen (secondary N) is 2. The Morgan fingerprint density at radius 1 is 1.56 bits per heavy atom. The molecule has 2 aromatic rings. The molecule has 0 aliphatic carbocycles. The van der Waals surface area contributed by atoms with Gasteiger partial charge in [-0.3, -0.25) is 0 Å². The average molecular weight is 244 g/mol. The van der Waals surface area contributed by atoms with E-state index in [2.05, 4.69) is 9.97 Å². The Hall–Kier alpha value is -2.63. The summed E-state index contributed by atoms with van der Waals surface area (Å²) < 4.78 is 0. The third-order valence-electron chi connectivity index (χ3n) is 2.55. The Morgan fingerprint density at radius 3 is 2.83 bits per heavy atom. The lowest BCUT2D eigenvalue weighted by Gasteiger charge is -2.02. The Bertz CT molecular complexity index is 666. The van der Waals surface area contributed by atoms with E-state index >= 15 is 0 Å². The first kappa shape index (κ1) is 11.8. The number of pyridine rings is 1. The van der Waals surface area contributed by atoms with Crippen LogP contribution in [0.3, 0.4) is 0 Å². The summed E-state index contributed by atoms with van der Waals surface area (Å²) in [5.41, 5.74) is 7.75. The van der Waals surface area contributed by atoms with Gasteiger partial charge in [-0.2, -0.15) is 0 Å². The molecule has 0 saturated carbocycles. The normalized spacial score (nSPS) is 12.3. The van der Waals surface area contributed by atoms with E-state index < -0.39 is 5.97 Å². The molecule has 6 nitrogen and oxygen atoms in total. The molecule has 2 aromatic heterocycles. The minimum Gasteiger partial charge on any atom is -0.477 e. The molecule has 92 valence electrons. The van der Waals surface area contributed by atoms with E-state index in [0.29, 0.717) is 28.0 Å². The summed E-state index contributed by atoms with van der Waals surface area (Å²) in [5.74, 6) is -1.03. The number of nitrogens with zero attached hydrogens (tertiary/aromatic N) is 1. The highest BCUT2D eigenvalue weighted by molar-refractivity contribution is 6.09. The van der Waals surface area contributed by atoms with E-state index in [1.807, 2.05) is 0 Å². The molecule has 0 aliphatic heterocycles. The number of aromatic nitrogens is 2. The fraction of sp³-hybridized carbons (Fsp3) is 0.0833. The van der Waals surface area contributed by atoms with Gasteiger partial charge in [0.2, 0.25) is 0 Å². The van der Waals surface area contributed by atoms with Crippen molar-refractivity contribution in [1.29, 1.82) is 5.41 Å². The van der Waals surface area contributed by atoms with Crippen molar-refractivity contribution in [2.75, 3.05) is 0 Å². The van der Waals surface area contributed by atoms with Gasteiger partial charge in [0.15, 0.2) is 0 Å². The van der Waals surface area contributed by atoms with Gasteiger partial charge < -0.3 is 21.2 Å². The van der Waals surface area contributed by atoms with Gasteiger partial charge in [0.05, 0.1) is 5.69 Å². The van der Waals surface area contributed by atoms with Crippen LogP contribution in [0.2, 0.25) is 0 Å². The number of carboxylic acids is 1. The average Bonchev–Trinajstić information content (AvgIpc) is 2.72. The molecule has 0 spiro atoms. The van der Waals surface area contributed by atoms with E-state index in [-0.39, 0.29) is 5.69 Å². The van der Waals surface area contributed by atoms with Crippen LogP contribution in [-0.2, 0) is 0 Å². The highest BCUT2D eigenvalue weighted by Crippen LogP contribution is 2.18. The molecular weight excluding hydrogens is 232 g/mol. The van der Waals surface area contributed by atoms with Crippen molar-refractivity contribution < 1.29 is 9.90 Å². The molecular formula is C12H12N4O2. The molecule has 2 heterocycles. The summed E-state index contributed by atoms with van der Waals surface area (Å²) in [6, 6.07) is 4.96. The molecule has 0 amide bonds. The van der Waals surface area contributed by atoms with Crippen LogP contribution in [0.5, 0.6) is 0 Å². The van der Waals surface area contributed by atoms with Crippen LogP contribution in [0.15, 0.2) is 23.9 Å². The number of H-pyrrole nitrogens is 1. The summed E-state index contributed by atoms with van der Waals surface area (Å²) in [6.45, 7) is 1.68. The van der Waals surface area contributed by atoms with E-state index in [1.165, 1.54) is 6.07 Å². The van der Waals surface area contributed by atoms with E-state index in [0.717, 1.165) is 6.21 Å². The van der Waals surface area contributed by atoms with Gasteiger partial charge in [0.1, 0.15) is 11.3 Å². The predicted molar refractivity (Wildman–Crippen MR) is 68.6 cm³/mol. The van der Waals surface area contributed by atoms with Crippen LogP contribution in [-0.4, -0.2) is 27.3 Å². The zero-order chi connectivity index (χ0) is 13.3. The van der Waals surface area contributed by atoms with Crippen LogP contribution >= 0.6 is 0 Å². The summed E-state index contributed by atoms with van der Waals surface area (Å²) in [6.07, 6.45) is 1.13. The quantitative estimate of drug-likeness (QED) is 0.613. The maximum Gasteiger partial charge on any atom is 0.352 e. The third-order valence-corrected chi connectivity index (χ3v) is 2.55. The molecule has 6 heteroatoms. The van der Waals surface area contributed by atoms with Gasteiger partial charge in [0.25, 0.3) is 0 Å². The molecule has 0 bridgehead atoms. The molecule has 5 N–H and O–H groups in total. The second-order valence-corrected chi connectivity index (χ2v) is 3.86. The van der Waals surface area contributed by atoms with Crippen LogP contribution < -0.4 is 5.73 Å². The van der Waals surface area contributed by atoms with Crippen LogP contribution in [0.1, 0.15) is 23.1 Å². The topological polar surface area (TPSA) is 116 Å². The molecule has 0 fully saturated rings. The van der Waals surface area contributed by atoms with E-state index in [1.54, 1.807) is 19.1 Å². The highest BCUT2D eigenvalue weighted by atomic mass is 16.4. The van der Waals surface area contributed by atoms with Crippen LogP contribution in [0.4, 0.5) is 0 Å². The maximum atomic E-state index is 10.8. The fourth-order valence-electron chi connectivity index (χ4n) is 1.66. The van der Waals surface area contributed by atoms with Gasteiger partial charge in [-0.15, -0.1) is 0 Å². The number of nitrogens with two attached hydrogens (primary N) is 1. The molecule has 0 atom stereocenters. The summed E-state index contributed by atoms with van der Waals surface area (Å²) in [5, 5.41) is 16.9. The Balaban J connectivity index is 2.60. The lowest BCUT2D eigenvalue weighted by atomic mass is 10.1. The number of carboxylic acid groups (broad SMARTS) is 1. The zero-order valence-corrected chi connectivity index (χ0v) is 9.69. The molecule has 0 aliphatic rings. The van der Waals surface area contributed by atoms with Crippen molar-refractivity contribution in [3.63, 3.8) is 0 Å². The molecule has 0 unspecified atom stereocenters. The number of rotatable bonds is 3. The van der Waals surface area contributed by atoms with Crippen molar-refractivity contribution in [3.8, 4) is 0 Å². The van der Waals surface area contributed by atoms with Crippen molar-refractivity contribution in [2.45, 2.75) is 6.92 Å². The number of aromatic amines is 1. The van der Waals surface area contributed by atoms with Crippen molar-refractivity contribution in [2.24, 2.45) is 5.73 Å². The number of hydrogen-bond acceptors (Lipinski definition) is 4. The van der Waals surface area contributed by atoms with Crippen molar-refractivity contribution >= 4 is 28.8 Å². The highest BCUT2D eigenvalue weighted by Gasteiger charge is 2.10. The Morgan fingerprint density at radius 2 is 2.28 bits per heavy atom. The first-order valence-corrected chi connectivity index (χ1v) is 5.23. The van der Waals surface area contributed by atoms with Crippen molar-refractivity contribution in [1.82, 2.24) is 9.97 Å². The number of carbonyl (C=O) groups is 1. The van der Waals surface area contributed by atoms with Crippen LogP contribution in [0.25, 0.3) is 16.6 Å². The fourth-order valence-corrected chi connectivity index (χ4v) is 1.66. The molecule has 2 rings (SSSR count). The first-order chi connectivity index (χ1) is 8.52. The van der Waals surface area contributed by atoms with Gasteiger partial charge in [0, 0.05) is 22.9 Å². The maximum absolute atomic E-state index is 10.8. The minimum atomic E-state index is -1.03. The Labute approximate surface area is 103 Å². The lowest BCUT2D eigenvalue weighted by Crippen LogP contribution is -2.00. The van der Waals surface area contributed by atoms with E-state index in [9.17, 15) is 4.79 Å². The SMILES string of the molecule is C/C(N)=C(/C=N)c1ccc2cc(C(=O)O)[nH]c2n1. The smallest absolute Gasteiger partial charge is 0.352 e. The Kier molecular flexibility index (Phi) is 2.85. The van der Waals surface area contributed by atoms with Crippen molar-refractivity contribution in [3.05, 3.63) is 35.3 Å². The lowest BCUT2D eigenvalue weighted by molar-refractivity contribution is 0.0691. The number of allylic oxidation sites excluding steroid dienone is 2. The summed E-state index contributed by atoms with van der Waals surface area (Å²) in [4.78, 5) is 17.8. The van der Waals surface area contributed by atoms with Gasteiger partial charge in [-0.05, 0) is 25.1 Å². The third kappa shape index (κ3) is 1.95. The largest absolute Gasteiger partial charge is 0.477 e. The number of fused-ring (bicyclic) bond motifs is 1. The minimum absolute atomic E-state index is 0.0829. The summed E-state index contributed by atoms with van der Waals surface area (Å²) >= 11 is 0. The van der Waals surface area contributed by atoms with Gasteiger partial charge in [-0.25, -0.2) is 9.78 Å². The van der Waals surface area contributed by atoms with Crippen LogP contribution in [0, 0.1) is 5.41 Å². The monoisotopic (exact) mass is 244 g/mol. The molecule has 0 radical (unpaired) electrons. The molecule has 0 aromatic carbocycles. The molecule has 18 heavy (non-hydrogen) atoms. The number of aromatic carboxylic acids is 1. The second kappa shape index (κ2) is 4.33. The predicted octanol–water partition coefficient (Wildman–Crippen LogP) is 1.60. The first-order valence-electron chi connectivity index (χ1n) is 5.23. The summed E-state index contributed by atoms with van der Waals surface area (Å²) in [7, 11) is 0. The second-order valence-electron chi connectivity index (χ2n) is 3.86.